The molecule has 0 aromatic carbocycles. The Labute approximate surface area is 122 Å². The lowest BCUT2D eigenvalue weighted by atomic mass is 10.2. The predicted octanol–water partition coefficient (Wildman–Crippen LogP) is 2.06. The Hall–Kier alpha value is -0.960. The highest BCUT2D eigenvalue weighted by Gasteiger charge is 2.24. The molecule has 0 bridgehead atoms. The Kier molecular flexibility index (Phi) is 5.32. The smallest absolute Gasteiger partial charge is 0.254 e. The normalized spacial score (nSPS) is 18.8. The molecule has 0 aliphatic carbocycles. The van der Waals surface area contributed by atoms with Gasteiger partial charge in [-0.15, -0.1) is 11.3 Å². The van der Waals surface area contributed by atoms with Crippen LogP contribution in [0.1, 0.15) is 28.6 Å². The first-order valence-electron chi connectivity index (χ1n) is 6.33. The molecular formula is C14H17NO2S2. The minimum Gasteiger partial charge on any atom is -0.384 e. The number of thiophene rings is 1. The fourth-order valence-corrected chi connectivity index (χ4v) is 3.90. The van der Waals surface area contributed by atoms with Crippen molar-refractivity contribution in [2.24, 2.45) is 0 Å². The van der Waals surface area contributed by atoms with Crippen molar-refractivity contribution in [3.8, 4) is 11.8 Å². The van der Waals surface area contributed by atoms with Crippen molar-refractivity contribution in [1.29, 1.82) is 0 Å². The maximum absolute atomic E-state index is 12.4. The minimum absolute atomic E-state index is 0.104. The number of hydrogen-bond acceptors (Lipinski definition) is 4. The van der Waals surface area contributed by atoms with E-state index >= 15 is 0 Å². The van der Waals surface area contributed by atoms with Gasteiger partial charge in [0.25, 0.3) is 5.91 Å². The van der Waals surface area contributed by atoms with Gasteiger partial charge in [0.15, 0.2) is 0 Å². The van der Waals surface area contributed by atoms with Crippen molar-refractivity contribution >= 4 is 29.0 Å². The van der Waals surface area contributed by atoms with E-state index in [0.29, 0.717) is 10.8 Å². The van der Waals surface area contributed by atoms with Crippen LogP contribution in [0.25, 0.3) is 0 Å². The molecule has 1 saturated heterocycles. The van der Waals surface area contributed by atoms with Gasteiger partial charge < -0.3 is 10.0 Å². The van der Waals surface area contributed by atoms with E-state index in [4.69, 9.17) is 5.11 Å². The molecule has 1 N–H and O–H groups in total. The molecule has 2 rings (SSSR count). The van der Waals surface area contributed by atoms with E-state index < -0.39 is 0 Å². The van der Waals surface area contributed by atoms with Crippen molar-refractivity contribution in [2.75, 3.05) is 25.4 Å². The van der Waals surface area contributed by atoms with Gasteiger partial charge in [-0.1, -0.05) is 18.8 Å². The van der Waals surface area contributed by atoms with Gasteiger partial charge in [0.1, 0.15) is 6.61 Å². The number of aliphatic hydroxyl groups is 1. The fraction of sp³-hybridized carbons (Fsp3) is 0.500. The standard InChI is InChI=1S/C14H17NO2S2/c1-2-12-9-15(5-7-18-12)14(17)11-8-13(19-10-11)4-3-6-16/h8,10,12,16H,2,5-7,9H2,1H3. The van der Waals surface area contributed by atoms with Crippen molar-refractivity contribution in [1.82, 2.24) is 4.90 Å². The molecule has 102 valence electrons. The summed E-state index contributed by atoms with van der Waals surface area (Å²) in [6.07, 6.45) is 1.10. The number of amides is 1. The van der Waals surface area contributed by atoms with Crippen LogP contribution >= 0.6 is 23.1 Å². The number of carbonyl (C=O) groups is 1. The lowest BCUT2D eigenvalue weighted by Crippen LogP contribution is -2.41. The van der Waals surface area contributed by atoms with Crippen LogP contribution in [0.4, 0.5) is 0 Å². The number of hydrogen-bond donors (Lipinski definition) is 1. The summed E-state index contributed by atoms with van der Waals surface area (Å²) in [5.41, 5.74) is 0.717. The van der Waals surface area contributed by atoms with Crippen molar-refractivity contribution in [2.45, 2.75) is 18.6 Å². The van der Waals surface area contributed by atoms with Crippen LogP contribution in [-0.4, -0.2) is 46.6 Å². The molecule has 1 atom stereocenters. The van der Waals surface area contributed by atoms with Gasteiger partial charge >= 0.3 is 0 Å². The molecule has 1 aromatic rings. The second-order valence-electron chi connectivity index (χ2n) is 4.31. The minimum atomic E-state index is -0.150. The van der Waals surface area contributed by atoms with Crippen LogP contribution in [-0.2, 0) is 0 Å². The van der Waals surface area contributed by atoms with Gasteiger partial charge in [-0.25, -0.2) is 0 Å². The Morgan fingerprint density at radius 1 is 1.63 bits per heavy atom. The molecular weight excluding hydrogens is 278 g/mol. The Morgan fingerprint density at radius 2 is 2.47 bits per heavy atom. The first kappa shape index (κ1) is 14.4. The third kappa shape index (κ3) is 3.75. The summed E-state index contributed by atoms with van der Waals surface area (Å²) in [4.78, 5) is 15.1. The molecule has 1 aliphatic rings. The lowest BCUT2D eigenvalue weighted by Gasteiger charge is -2.31. The van der Waals surface area contributed by atoms with Gasteiger partial charge in [0.05, 0.1) is 10.4 Å². The molecule has 0 radical (unpaired) electrons. The summed E-state index contributed by atoms with van der Waals surface area (Å²) in [7, 11) is 0. The van der Waals surface area contributed by atoms with Crippen LogP contribution in [0.2, 0.25) is 0 Å². The first-order valence-corrected chi connectivity index (χ1v) is 8.26. The second-order valence-corrected chi connectivity index (χ2v) is 6.63. The molecule has 0 saturated carbocycles. The summed E-state index contributed by atoms with van der Waals surface area (Å²) < 4.78 is 0. The molecule has 0 spiro atoms. The maximum atomic E-state index is 12.4. The van der Waals surface area contributed by atoms with Crippen molar-refractivity contribution in [3.63, 3.8) is 0 Å². The Morgan fingerprint density at radius 3 is 3.21 bits per heavy atom. The topological polar surface area (TPSA) is 40.5 Å². The van der Waals surface area contributed by atoms with Crippen LogP contribution < -0.4 is 0 Å². The van der Waals surface area contributed by atoms with E-state index in [1.165, 1.54) is 11.3 Å². The quantitative estimate of drug-likeness (QED) is 0.849. The zero-order valence-electron chi connectivity index (χ0n) is 10.9. The lowest BCUT2D eigenvalue weighted by molar-refractivity contribution is 0.0761. The summed E-state index contributed by atoms with van der Waals surface area (Å²) in [5, 5.41) is 11.1. The van der Waals surface area contributed by atoms with Gasteiger partial charge in [-0.3, -0.25) is 4.79 Å². The summed E-state index contributed by atoms with van der Waals surface area (Å²) in [6, 6.07) is 1.82. The van der Waals surface area contributed by atoms with E-state index in [1.807, 2.05) is 28.1 Å². The fourth-order valence-electron chi connectivity index (χ4n) is 1.97. The SMILES string of the molecule is CCC1CN(C(=O)c2csc(C#CCO)c2)CCS1. The zero-order chi connectivity index (χ0) is 13.7. The van der Waals surface area contributed by atoms with Crippen LogP contribution in [0.5, 0.6) is 0 Å². The maximum Gasteiger partial charge on any atom is 0.254 e. The van der Waals surface area contributed by atoms with E-state index in [1.54, 1.807) is 0 Å². The van der Waals surface area contributed by atoms with Crippen LogP contribution in [0.3, 0.4) is 0 Å². The van der Waals surface area contributed by atoms with Gasteiger partial charge in [-0.2, -0.15) is 11.8 Å². The number of aliphatic hydroxyl groups excluding tert-OH is 1. The monoisotopic (exact) mass is 295 g/mol. The predicted molar refractivity (Wildman–Crippen MR) is 80.7 cm³/mol. The molecule has 5 heteroatoms. The van der Waals surface area contributed by atoms with E-state index in [-0.39, 0.29) is 12.5 Å². The third-order valence-corrected chi connectivity index (χ3v) is 5.24. The molecule has 1 aliphatic heterocycles. The van der Waals surface area contributed by atoms with Gasteiger partial charge in [0.2, 0.25) is 0 Å². The summed E-state index contributed by atoms with van der Waals surface area (Å²) in [6.45, 7) is 3.68. The van der Waals surface area contributed by atoms with Crippen molar-refractivity contribution in [3.05, 3.63) is 21.9 Å². The average Bonchev–Trinajstić information content (AvgIpc) is 2.93. The molecule has 19 heavy (non-hydrogen) atoms. The Balaban J connectivity index is 2.04. The van der Waals surface area contributed by atoms with Gasteiger partial charge in [0, 0.05) is 29.5 Å². The van der Waals surface area contributed by atoms with E-state index in [9.17, 15) is 4.79 Å². The zero-order valence-corrected chi connectivity index (χ0v) is 12.5. The molecule has 1 aromatic heterocycles. The third-order valence-electron chi connectivity index (χ3n) is 3.02. The van der Waals surface area contributed by atoms with Crippen LogP contribution in [0.15, 0.2) is 11.4 Å². The second kappa shape index (κ2) is 6.99. The molecule has 1 amide bonds. The molecule has 1 fully saturated rings. The molecule has 2 heterocycles. The van der Waals surface area contributed by atoms with E-state index in [0.717, 1.165) is 30.1 Å². The van der Waals surface area contributed by atoms with Crippen LogP contribution in [0, 0.1) is 11.8 Å². The summed E-state index contributed by atoms with van der Waals surface area (Å²) >= 11 is 3.41. The highest BCUT2D eigenvalue weighted by Crippen LogP contribution is 2.23. The number of thioether (sulfide) groups is 1. The number of nitrogens with zero attached hydrogens (tertiary/aromatic N) is 1. The molecule has 1 unspecified atom stereocenters. The molecule has 3 nitrogen and oxygen atoms in total. The number of carbonyl (C=O) groups excluding carboxylic acids is 1. The number of rotatable bonds is 2. The highest BCUT2D eigenvalue weighted by atomic mass is 32.2. The average molecular weight is 295 g/mol. The Bertz CT molecular complexity index is 501. The highest BCUT2D eigenvalue weighted by molar-refractivity contribution is 8.00. The van der Waals surface area contributed by atoms with Crippen molar-refractivity contribution < 1.29 is 9.90 Å². The van der Waals surface area contributed by atoms with E-state index in [2.05, 4.69) is 18.8 Å². The first-order chi connectivity index (χ1) is 9.24. The van der Waals surface area contributed by atoms with Gasteiger partial charge in [-0.05, 0) is 12.5 Å². The summed E-state index contributed by atoms with van der Waals surface area (Å²) in [5.74, 6) is 6.56. The largest absolute Gasteiger partial charge is 0.384 e.